The van der Waals surface area contributed by atoms with Gasteiger partial charge in [0.1, 0.15) is 0 Å². The Morgan fingerprint density at radius 1 is 1.50 bits per heavy atom. The fourth-order valence-corrected chi connectivity index (χ4v) is 1.35. The zero-order chi connectivity index (χ0) is 10.6. The summed E-state index contributed by atoms with van der Waals surface area (Å²) in [6.07, 6.45) is 0.685. The summed E-state index contributed by atoms with van der Waals surface area (Å²) in [4.78, 5) is 11.1. The molecule has 1 aromatic rings. The molecule has 0 amide bonds. The van der Waals surface area contributed by atoms with Gasteiger partial charge in [-0.2, -0.15) is 12.6 Å². The smallest absolute Gasteiger partial charge is 0.337 e. The molecule has 1 unspecified atom stereocenters. The zero-order valence-electron chi connectivity index (χ0n) is 7.93. The molecule has 0 heterocycles. The lowest BCUT2D eigenvalue weighted by molar-refractivity contribution is 0.0601. The fourth-order valence-electron chi connectivity index (χ4n) is 1.14. The minimum Gasteiger partial charge on any atom is -0.465 e. The van der Waals surface area contributed by atoms with Gasteiger partial charge in [-0.3, -0.25) is 0 Å². The Kier molecular flexibility index (Phi) is 3.98. The quantitative estimate of drug-likeness (QED) is 0.449. The van der Waals surface area contributed by atoms with Crippen molar-refractivity contribution in [3.8, 4) is 0 Å². The van der Waals surface area contributed by atoms with Crippen LogP contribution in [0.5, 0.6) is 0 Å². The van der Waals surface area contributed by atoms with Gasteiger partial charge in [-0.15, -0.1) is 0 Å². The summed E-state index contributed by atoms with van der Waals surface area (Å²) < 4.78 is 4.58. The molecule has 1 atom stereocenters. The van der Waals surface area contributed by atoms with Crippen molar-refractivity contribution >= 4 is 18.6 Å². The van der Waals surface area contributed by atoms with Crippen LogP contribution in [0.1, 0.15) is 15.9 Å². The second-order valence-electron chi connectivity index (χ2n) is 2.96. The number of methoxy groups -OCH3 is 1. The molecule has 0 aliphatic carbocycles. The van der Waals surface area contributed by atoms with Crippen molar-refractivity contribution in [2.45, 2.75) is 11.8 Å². The van der Waals surface area contributed by atoms with Crippen LogP contribution in [0.4, 0.5) is 0 Å². The van der Waals surface area contributed by atoms with E-state index in [0.717, 1.165) is 5.56 Å². The molecule has 0 saturated carbocycles. The van der Waals surface area contributed by atoms with E-state index in [1.54, 1.807) is 12.1 Å². The van der Waals surface area contributed by atoms with Gasteiger partial charge in [-0.1, -0.05) is 12.1 Å². The van der Waals surface area contributed by atoms with E-state index in [2.05, 4.69) is 17.4 Å². The van der Waals surface area contributed by atoms with Gasteiger partial charge >= 0.3 is 5.97 Å². The van der Waals surface area contributed by atoms with Crippen molar-refractivity contribution in [3.63, 3.8) is 0 Å². The fraction of sp³-hybridized carbons (Fsp3) is 0.300. The topological polar surface area (TPSA) is 52.3 Å². The van der Waals surface area contributed by atoms with Crippen LogP contribution in [-0.2, 0) is 11.2 Å². The maximum atomic E-state index is 11.1. The number of hydrogen-bond acceptors (Lipinski definition) is 4. The van der Waals surface area contributed by atoms with Gasteiger partial charge in [0, 0.05) is 0 Å². The second kappa shape index (κ2) is 5.02. The van der Waals surface area contributed by atoms with Crippen molar-refractivity contribution in [2.75, 3.05) is 7.11 Å². The van der Waals surface area contributed by atoms with Gasteiger partial charge < -0.3 is 10.5 Å². The molecule has 0 fully saturated rings. The Labute approximate surface area is 88.7 Å². The molecule has 0 bridgehead atoms. The molecule has 4 heteroatoms. The zero-order valence-corrected chi connectivity index (χ0v) is 8.83. The lowest BCUT2D eigenvalue weighted by atomic mass is 10.1. The molecule has 76 valence electrons. The molecule has 14 heavy (non-hydrogen) atoms. The predicted octanol–water partition coefficient (Wildman–Crippen LogP) is 1.23. The monoisotopic (exact) mass is 211 g/mol. The SMILES string of the molecule is COC(=O)c1ccc(CC(N)S)cc1. The highest BCUT2D eigenvalue weighted by Gasteiger charge is 2.04. The Morgan fingerprint density at radius 3 is 2.50 bits per heavy atom. The molecule has 2 N–H and O–H groups in total. The number of esters is 1. The van der Waals surface area contributed by atoms with Crippen LogP contribution in [-0.4, -0.2) is 18.5 Å². The van der Waals surface area contributed by atoms with Crippen molar-refractivity contribution in [1.82, 2.24) is 0 Å². The molecule has 0 spiro atoms. The maximum absolute atomic E-state index is 11.1. The van der Waals surface area contributed by atoms with E-state index < -0.39 is 0 Å². The largest absolute Gasteiger partial charge is 0.465 e. The number of ether oxygens (including phenoxy) is 1. The standard InChI is InChI=1S/C10H13NO2S/c1-13-10(12)8-4-2-7(3-5-8)6-9(11)14/h2-5,9,14H,6,11H2,1H3. The van der Waals surface area contributed by atoms with Crippen LogP contribution >= 0.6 is 12.6 Å². The van der Waals surface area contributed by atoms with Gasteiger partial charge in [0.05, 0.1) is 18.0 Å². The number of hydrogen-bond donors (Lipinski definition) is 2. The molecule has 1 aromatic carbocycles. The highest BCUT2D eigenvalue weighted by molar-refractivity contribution is 7.80. The molecule has 3 nitrogen and oxygen atoms in total. The van der Waals surface area contributed by atoms with Crippen molar-refractivity contribution < 1.29 is 9.53 Å². The normalized spacial score (nSPS) is 12.2. The van der Waals surface area contributed by atoms with Crippen molar-refractivity contribution in [1.29, 1.82) is 0 Å². The number of carbonyl (C=O) groups is 1. The first-order chi connectivity index (χ1) is 6.63. The number of nitrogens with two attached hydrogens (primary N) is 1. The van der Waals surface area contributed by atoms with Gasteiger partial charge in [-0.25, -0.2) is 4.79 Å². The predicted molar refractivity (Wildman–Crippen MR) is 58.4 cm³/mol. The van der Waals surface area contributed by atoms with E-state index in [4.69, 9.17) is 5.73 Å². The summed E-state index contributed by atoms with van der Waals surface area (Å²) >= 11 is 4.08. The van der Waals surface area contributed by atoms with E-state index in [1.807, 2.05) is 12.1 Å². The third-order valence-electron chi connectivity index (χ3n) is 1.82. The van der Waals surface area contributed by atoms with Crippen molar-refractivity contribution in [2.24, 2.45) is 5.73 Å². The van der Waals surface area contributed by atoms with Crippen LogP contribution in [0.15, 0.2) is 24.3 Å². The number of benzene rings is 1. The Hall–Kier alpha value is -1.00. The minimum atomic E-state index is -0.327. The molecule has 0 aliphatic heterocycles. The molecular formula is C10H13NO2S. The van der Waals surface area contributed by atoms with Gasteiger partial charge in [0.15, 0.2) is 0 Å². The van der Waals surface area contributed by atoms with Crippen molar-refractivity contribution in [3.05, 3.63) is 35.4 Å². The molecular weight excluding hydrogens is 198 g/mol. The molecule has 0 aliphatic rings. The average molecular weight is 211 g/mol. The van der Waals surface area contributed by atoms with E-state index in [9.17, 15) is 4.79 Å². The van der Waals surface area contributed by atoms with Crippen LogP contribution in [0.25, 0.3) is 0 Å². The van der Waals surface area contributed by atoms with Crippen LogP contribution in [0.2, 0.25) is 0 Å². The van der Waals surface area contributed by atoms with Gasteiger partial charge in [0.2, 0.25) is 0 Å². The first kappa shape index (κ1) is 11.1. The Bertz CT molecular complexity index is 308. The second-order valence-corrected chi connectivity index (χ2v) is 3.62. The summed E-state index contributed by atoms with van der Waals surface area (Å²) in [6, 6.07) is 7.14. The summed E-state index contributed by atoms with van der Waals surface area (Å²) in [5.41, 5.74) is 7.12. The highest BCUT2D eigenvalue weighted by atomic mass is 32.1. The first-order valence-electron chi connectivity index (χ1n) is 4.24. The molecule has 0 radical (unpaired) electrons. The summed E-state index contributed by atoms with van der Waals surface area (Å²) in [5.74, 6) is -0.327. The first-order valence-corrected chi connectivity index (χ1v) is 4.76. The van der Waals surface area contributed by atoms with Crippen LogP contribution in [0.3, 0.4) is 0 Å². The number of rotatable bonds is 3. The maximum Gasteiger partial charge on any atom is 0.337 e. The summed E-state index contributed by atoms with van der Waals surface area (Å²) in [6.45, 7) is 0. The number of carbonyl (C=O) groups excluding carboxylic acids is 1. The number of thiol groups is 1. The lowest BCUT2D eigenvalue weighted by Gasteiger charge is -2.05. The molecule has 0 aromatic heterocycles. The molecule has 1 rings (SSSR count). The minimum absolute atomic E-state index is 0.168. The third kappa shape index (κ3) is 3.05. The van der Waals surface area contributed by atoms with E-state index in [0.29, 0.717) is 12.0 Å². The summed E-state index contributed by atoms with van der Waals surface area (Å²) in [7, 11) is 1.36. The lowest BCUT2D eigenvalue weighted by Crippen LogP contribution is -2.14. The van der Waals surface area contributed by atoms with Gasteiger partial charge in [0.25, 0.3) is 0 Å². The Morgan fingerprint density at radius 2 is 2.07 bits per heavy atom. The average Bonchev–Trinajstić information content (AvgIpc) is 2.17. The van der Waals surface area contributed by atoms with E-state index >= 15 is 0 Å². The van der Waals surface area contributed by atoms with Crippen LogP contribution in [0, 0.1) is 0 Å². The molecule has 0 saturated heterocycles. The third-order valence-corrected chi connectivity index (χ3v) is 2.00. The summed E-state index contributed by atoms with van der Waals surface area (Å²) in [5, 5.41) is -0.168. The highest BCUT2D eigenvalue weighted by Crippen LogP contribution is 2.08. The van der Waals surface area contributed by atoms with Crippen LogP contribution < -0.4 is 5.73 Å². The van der Waals surface area contributed by atoms with E-state index in [1.165, 1.54) is 7.11 Å². The van der Waals surface area contributed by atoms with Gasteiger partial charge in [-0.05, 0) is 24.1 Å². The Balaban J connectivity index is 2.73. The van der Waals surface area contributed by atoms with E-state index in [-0.39, 0.29) is 11.3 Å².